The second-order valence-electron chi connectivity index (χ2n) is 5.78. The van der Waals surface area contributed by atoms with Crippen molar-refractivity contribution in [3.63, 3.8) is 0 Å². The highest BCUT2D eigenvalue weighted by Crippen LogP contribution is 2.36. The van der Waals surface area contributed by atoms with E-state index in [1.165, 1.54) is 11.3 Å². The van der Waals surface area contributed by atoms with E-state index in [1.807, 2.05) is 37.2 Å². The second-order valence-corrected chi connectivity index (χ2v) is 5.78. The van der Waals surface area contributed by atoms with Crippen LogP contribution >= 0.6 is 0 Å². The molecule has 3 nitrogen and oxygen atoms in total. The summed E-state index contributed by atoms with van der Waals surface area (Å²) < 4.78 is 0. The Labute approximate surface area is 125 Å². The van der Waals surface area contributed by atoms with Crippen LogP contribution in [0.15, 0.2) is 53.9 Å². The fourth-order valence-electron chi connectivity index (χ4n) is 3.01. The molecule has 108 valence electrons. The molecule has 0 fully saturated rings. The topological polar surface area (TPSA) is 32.3 Å². The maximum absolute atomic E-state index is 12.6. The van der Waals surface area contributed by atoms with Crippen molar-refractivity contribution in [3.05, 3.63) is 65.0 Å². The Balaban J connectivity index is 1.81. The SMILES string of the molecule is Cc1ccc(NC(=O)C2=CN(C)C3=CC=CCC23)c(C)c1. The van der Waals surface area contributed by atoms with Crippen molar-refractivity contribution >= 4 is 11.6 Å². The van der Waals surface area contributed by atoms with Crippen LogP contribution in [0.2, 0.25) is 0 Å². The summed E-state index contributed by atoms with van der Waals surface area (Å²) in [4.78, 5) is 14.6. The van der Waals surface area contributed by atoms with Gasteiger partial charge in [-0.05, 0) is 38.0 Å². The van der Waals surface area contributed by atoms with Crippen molar-refractivity contribution in [1.82, 2.24) is 4.90 Å². The molecule has 2 aliphatic rings. The largest absolute Gasteiger partial charge is 0.353 e. The number of benzene rings is 1. The number of amides is 1. The predicted octanol–water partition coefficient (Wildman–Crippen LogP) is 3.53. The van der Waals surface area contributed by atoms with Gasteiger partial charge in [-0.3, -0.25) is 4.79 Å². The molecule has 1 aliphatic carbocycles. The minimum absolute atomic E-state index is 0.00231. The van der Waals surface area contributed by atoms with E-state index in [1.54, 1.807) is 0 Å². The molecule has 1 aromatic rings. The number of nitrogens with one attached hydrogen (secondary N) is 1. The third-order valence-corrected chi connectivity index (χ3v) is 4.14. The van der Waals surface area contributed by atoms with Gasteiger partial charge in [-0.2, -0.15) is 0 Å². The van der Waals surface area contributed by atoms with Gasteiger partial charge in [0.05, 0.1) is 0 Å². The maximum Gasteiger partial charge on any atom is 0.253 e. The van der Waals surface area contributed by atoms with Crippen LogP contribution in [0.25, 0.3) is 0 Å². The standard InChI is InChI=1S/C18H20N2O/c1-12-8-9-16(13(2)10-12)19-18(21)15-11-20(3)17-7-5-4-6-14(15)17/h4-5,7-11,14H,6H2,1-3H3,(H,19,21). The second kappa shape index (κ2) is 5.24. The van der Waals surface area contributed by atoms with Crippen LogP contribution < -0.4 is 5.32 Å². The summed E-state index contributed by atoms with van der Waals surface area (Å²) in [6.07, 6.45) is 9.10. The normalized spacial score (nSPS) is 20.0. The number of rotatable bonds is 2. The molecule has 1 N–H and O–H groups in total. The molecule has 0 radical (unpaired) electrons. The zero-order valence-corrected chi connectivity index (χ0v) is 12.7. The molecule has 1 heterocycles. The lowest BCUT2D eigenvalue weighted by atomic mass is 9.91. The zero-order chi connectivity index (χ0) is 15.0. The number of carbonyl (C=O) groups is 1. The number of anilines is 1. The lowest BCUT2D eigenvalue weighted by molar-refractivity contribution is -0.113. The van der Waals surface area contributed by atoms with E-state index in [0.29, 0.717) is 0 Å². The summed E-state index contributed by atoms with van der Waals surface area (Å²) >= 11 is 0. The van der Waals surface area contributed by atoms with E-state index < -0.39 is 0 Å². The summed E-state index contributed by atoms with van der Waals surface area (Å²) in [5.74, 6) is 0.184. The van der Waals surface area contributed by atoms with Gasteiger partial charge in [0.2, 0.25) is 0 Å². The smallest absolute Gasteiger partial charge is 0.253 e. The molecule has 0 saturated heterocycles. The Hall–Kier alpha value is -2.29. The van der Waals surface area contributed by atoms with Gasteiger partial charge in [-0.15, -0.1) is 0 Å². The number of hydrogen-bond donors (Lipinski definition) is 1. The Kier molecular flexibility index (Phi) is 3.42. The van der Waals surface area contributed by atoms with Gasteiger partial charge >= 0.3 is 0 Å². The van der Waals surface area contributed by atoms with Crippen molar-refractivity contribution in [2.24, 2.45) is 5.92 Å². The number of fused-ring (bicyclic) bond motifs is 1. The van der Waals surface area contributed by atoms with E-state index in [2.05, 4.69) is 36.5 Å². The summed E-state index contributed by atoms with van der Waals surface area (Å²) in [6, 6.07) is 6.07. The first-order chi connectivity index (χ1) is 10.1. The molecule has 1 unspecified atom stereocenters. The predicted molar refractivity (Wildman–Crippen MR) is 85.7 cm³/mol. The van der Waals surface area contributed by atoms with Gasteiger partial charge in [-0.1, -0.05) is 29.8 Å². The highest BCUT2D eigenvalue weighted by Gasteiger charge is 2.32. The van der Waals surface area contributed by atoms with E-state index in [4.69, 9.17) is 0 Å². The van der Waals surface area contributed by atoms with Crippen LogP contribution in [0.5, 0.6) is 0 Å². The molecule has 0 saturated carbocycles. The number of hydrogen-bond acceptors (Lipinski definition) is 2. The molecule has 3 rings (SSSR count). The molecule has 0 aromatic heterocycles. The van der Waals surface area contributed by atoms with Gasteiger partial charge in [0.1, 0.15) is 0 Å². The first-order valence-corrected chi connectivity index (χ1v) is 7.26. The van der Waals surface area contributed by atoms with Gasteiger partial charge < -0.3 is 10.2 Å². The molecule has 3 heteroatoms. The molecule has 1 aromatic carbocycles. The molecule has 1 atom stereocenters. The maximum atomic E-state index is 12.6. The van der Waals surface area contributed by atoms with Crippen LogP contribution in [0, 0.1) is 19.8 Å². The number of nitrogens with zero attached hydrogens (tertiary/aromatic N) is 1. The van der Waals surface area contributed by atoms with Crippen LogP contribution in [0.3, 0.4) is 0 Å². The lowest BCUT2D eigenvalue weighted by Crippen LogP contribution is -2.20. The molecular weight excluding hydrogens is 260 g/mol. The molecule has 21 heavy (non-hydrogen) atoms. The minimum Gasteiger partial charge on any atom is -0.353 e. The van der Waals surface area contributed by atoms with Gasteiger partial charge in [0.25, 0.3) is 5.91 Å². The number of allylic oxidation sites excluding steroid dienone is 4. The van der Waals surface area contributed by atoms with Crippen molar-refractivity contribution in [2.45, 2.75) is 20.3 Å². The van der Waals surface area contributed by atoms with Gasteiger partial charge in [-0.25, -0.2) is 0 Å². The molecule has 1 amide bonds. The quantitative estimate of drug-likeness (QED) is 0.898. The van der Waals surface area contributed by atoms with Crippen molar-refractivity contribution in [3.8, 4) is 0 Å². The molecular formula is C18H20N2O. The summed E-state index contributed by atoms with van der Waals surface area (Å²) in [5.41, 5.74) is 5.22. The van der Waals surface area contributed by atoms with Crippen LogP contribution in [0.1, 0.15) is 17.5 Å². The highest BCUT2D eigenvalue weighted by atomic mass is 16.1. The molecule has 0 bridgehead atoms. The fourth-order valence-corrected chi connectivity index (χ4v) is 3.01. The third kappa shape index (κ3) is 2.51. The molecule has 1 aliphatic heterocycles. The van der Waals surface area contributed by atoms with E-state index >= 15 is 0 Å². The Morgan fingerprint density at radius 3 is 2.90 bits per heavy atom. The van der Waals surface area contributed by atoms with Crippen LogP contribution in [0.4, 0.5) is 5.69 Å². The van der Waals surface area contributed by atoms with Crippen molar-refractivity contribution in [1.29, 1.82) is 0 Å². The van der Waals surface area contributed by atoms with Crippen LogP contribution in [-0.2, 0) is 4.79 Å². The third-order valence-electron chi connectivity index (χ3n) is 4.14. The average Bonchev–Trinajstić information content (AvgIpc) is 2.80. The summed E-state index contributed by atoms with van der Waals surface area (Å²) in [6.45, 7) is 4.07. The zero-order valence-electron chi connectivity index (χ0n) is 12.7. The van der Waals surface area contributed by atoms with E-state index in [9.17, 15) is 4.79 Å². The number of carbonyl (C=O) groups excluding carboxylic acids is 1. The van der Waals surface area contributed by atoms with Crippen LogP contribution in [-0.4, -0.2) is 17.9 Å². The van der Waals surface area contributed by atoms with E-state index in [-0.39, 0.29) is 11.8 Å². The van der Waals surface area contributed by atoms with Crippen molar-refractivity contribution in [2.75, 3.05) is 12.4 Å². The Morgan fingerprint density at radius 2 is 2.14 bits per heavy atom. The Morgan fingerprint density at radius 1 is 1.33 bits per heavy atom. The molecule has 0 spiro atoms. The number of aryl methyl sites for hydroxylation is 2. The Bertz CT molecular complexity index is 682. The fraction of sp³-hybridized carbons (Fsp3) is 0.278. The van der Waals surface area contributed by atoms with E-state index in [0.717, 1.165) is 23.2 Å². The minimum atomic E-state index is -0.00231. The van der Waals surface area contributed by atoms with Gasteiger partial charge in [0, 0.05) is 36.1 Å². The van der Waals surface area contributed by atoms with Gasteiger partial charge in [0.15, 0.2) is 0 Å². The highest BCUT2D eigenvalue weighted by molar-refractivity contribution is 6.05. The monoisotopic (exact) mass is 280 g/mol. The first kappa shape index (κ1) is 13.7. The summed E-state index contributed by atoms with van der Waals surface area (Å²) in [7, 11) is 2.00. The summed E-state index contributed by atoms with van der Waals surface area (Å²) in [5, 5.41) is 3.05. The van der Waals surface area contributed by atoms with Crippen molar-refractivity contribution < 1.29 is 4.79 Å². The lowest BCUT2D eigenvalue weighted by Gasteiger charge is -2.20. The first-order valence-electron chi connectivity index (χ1n) is 7.26. The average molecular weight is 280 g/mol.